The summed E-state index contributed by atoms with van der Waals surface area (Å²) in [6, 6.07) is 8.64. The number of benzene rings is 1. The van der Waals surface area contributed by atoms with Crippen molar-refractivity contribution in [2.24, 2.45) is 10.8 Å². The van der Waals surface area contributed by atoms with Crippen LogP contribution in [0.25, 0.3) is 10.9 Å². The number of quaternary nitrogens is 2. The molecule has 0 spiro atoms. The fraction of sp³-hybridized carbons (Fsp3) is 0.571. The van der Waals surface area contributed by atoms with Gasteiger partial charge in [-0.15, -0.1) is 0 Å². The van der Waals surface area contributed by atoms with Crippen molar-refractivity contribution in [3.05, 3.63) is 36.0 Å². The molecular formula is C21H29N3O+2. The topological polar surface area (TPSA) is 41.7 Å². The van der Waals surface area contributed by atoms with Gasteiger partial charge >= 0.3 is 0 Å². The maximum absolute atomic E-state index is 13.3. The third-order valence-corrected chi connectivity index (χ3v) is 7.15. The number of para-hydroxylation sites is 1. The van der Waals surface area contributed by atoms with Gasteiger partial charge in [-0.05, 0) is 19.4 Å². The van der Waals surface area contributed by atoms with Crippen molar-refractivity contribution in [2.75, 3.05) is 26.2 Å². The molecule has 0 aliphatic carbocycles. The minimum Gasteiger partial charge on any atom is -0.360 e. The molecule has 3 N–H and O–H groups in total. The Balaban J connectivity index is 1.56. The van der Waals surface area contributed by atoms with Crippen LogP contribution in [0.2, 0.25) is 0 Å². The first-order valence-corrected chi connectivity index (χ1v) is 9.86. The summed E-state index contributed by atoms with van der Waals surface area (Å²) in [5.74, 6) is 0.582. The first kappa shape index (κ1) is 15.6. The van der Waals surface area contributed by atoms with Gasteiger partial charge in [-0.25, -0.2) is 0 Å². The Morgan fingerprint density at radius 2 is 1.88 bits per heavy atom. The summed E-state index contributed by atoms with van der Waals surface area (Å²) < 4.78 is 0. The highest BCUT2D eigenvalue weighted by molar-refractivity contribution is 5.92. The van der Waals surface area contributed by atoms with Gasteiger partial charge in [0.15, 0.2) is 5.78 Å². The largest absolute Gasteiger partial charge is 0.360 e. The van der Waals surface area contributed by atoms with Crippen LogP contribution in [-0.4, -0.2) is 36.9 Å². The number of hydrogen-bond donors (Lipinski definition) is 3. The van der Waals surface area contributed by atoms with Crippen LogP contribution in [0.4, 0.5) is 0 Å². The number of H-pyrrole nitrogens is 1. The molecule has 2 unspecified atom stereocenters. The second-order valence-electron chi connectivity index (χ2n) is 9.02. The van der Waals surface area contributed by atoms with Gasteiger partial charge in [0.1, 0.15) is 37.0 Å². The second kappa shape index (κ2) is 5.18. The second-order valence-corrected chi connectivity index (χ2v) is 9.02. The van der Waals surface area contributed by atoms with E-state index in [1.165, 1.54) is 29.3 Å². The van der Waals surface area contributed by atoms with Gasteiger partial charge < -0.3 is 4.98 Å². The number of ketones is 1. The zero-order valence-electron chi connectivity index (χ0n) is 15.3. The van der Waals surface area contributed by atoms with E-state index >= 15 is 0 Å². The van der Waals surface area contributed by atoms with Crippen molar-refractivity contribution < 1.29 is 14.6 Å². The molecule has 2 atom stereocenters. The highest BCUT2D eigenvalue weighted by atomic mass is 16.1. The van der Waals surface area contributed by atoms with Crippen molar-refractivity contribution in [1.29, 1.82) is 0 Å². The number of carbonyl (C=O) groups excluding carboxylic acids is 1. The van der Waals surface area contributed by atoms with E-state index in [1.807, 2.05) is 0 Å². The molecule has 6 rings (SSSR count). The number of carbonyl (C=O) groups is 1. The Hall–Kier alpha value is -1.65. The average molecular weight is 339 g/mol. The Kier molecular flexibility index (Phi) is 3.23. The summed E-state index contributed by atoms with van der Waals surface area (Å²) in [4.78, 5) is 20.0. The van der Waals surface area contributed by atoms with Crippen LogP contribution in [0.1, 0.15) is 44.8 Å². The molecule has 132 valence electrons. The zero-order chi connectivity index (χ0) is 17.2. The van der Waals surface area contributed by atoms with E-state index in [1.54, 1.807) is 9.80 Å². The fourth-order valence-electron chi connectivity index (χ4n) is 6.36. The van der Waals surface area contributed by atoms with Crippen LogP contribution in [0.5, 0.6) is 0 Å². The molecule has 5 heterocycles. The van der Waals surface area contributed by atoms with Gasteiger partial charge in [0, 0.05) is 17.1 Å². The number of piperidine rings is 2. The van der Waals surface area contributed by atoms with Gasteiger partial charge in [0.05, 0.1) is 5.56 Å². The summed E-state index contributed by atoms with van der Waals surface area (Å²) in [7, 11) is 0. The third-order valence-electron chi connectivity index (χ3n) is 7.15. The maximum Gasteiger partial charge on any atom is 0.242 e. The number of unbranched alkanes of at least 4 members (excludes halogenated alkanes) is 1. The van der Waals surface area contributed by atoms with Crippen molar-refractivity contribution in [3.8, 4) is 0 Å². The number of hydrogen-bond acceptors (Lipinski definition) is 1. The number of aromatic amines is 1. The fourth-order valence-corrected chi connectivity index (χ4v) is 6.36. The summed E-state index contributed by atoms with van der Waals surface area (Å²) in [5.41, 5.74) is 2.50. The molecule has 0 saturated carbocycles. The molecule has 25 heavy (non-hydrogen) atoms. The van der Waals surface area contributed by atoms with Crippen LogP contribution in [0, 0.1) is 10.8 Å². The molecule has 1 aromatic carbocycles. The minimum atomic E-state index is -0.114. The Morgan fingerprint density at radius 3 is 2.60 bits per heavy atom. The van der Waals surface area contributed by atoms with Crippen molar-refractivity contribution in [3.63, 3.8) is 0 Å². The molecule has 4 fully saturated rings. The molecule has 4 nitrogen and oxygen atoms in total. The van der Waals surface area contributed by atoms with Gasteiger partial charge in [0.25, 0.3) is 0 Å². The van der Waals surface area contributed by atoms with Crippen molar-refractivity contribution in [2.45, 2.75) is 39.3 Å². The molecule has 2 aromatic rings. The zero-order valence-corrected chi connectivity index (χ0v) is 15.3. The third kappa shape index (κ3) is 2.04. The van der Waals surface area contributed by atoms with Gasteiger partial charge in [-0.3, -0.25) is 14.6 Å². The first-order valence-electron chi connectivity index (χ1n) is 9.86. The lowest BCUT2D eigenvalue weighted by atomic mass is 9.59. The molecule has 0 radical (unpaired) electrons. The molecule has 1 aromatic heterocycles. The summed E-state index contributed by atoms with van der Waals surface area (Å²) >= 11 is 0. The molecular weight excluding hydrogens is 310 g/mol. The highest BCUT2D eigenvalue weighted by Gasteiger charge is 2.69. The maximum atomic E-state index is 13.3. The number of aromatic nitrogens is 1. The van der Waals surface area contributed by atoms with Gasteiger partial charge in [-0.1, -0.05) is 38.0 Å². The lowest BCUT2D eigenvalue weighted by Gasteiger charge is -2.59. The molecule has 0 amide bonds. The monoisotopic (exact) mass is 339 g/mol. The van der Waals surface area contributed by atoms with Crippen molar-refractivity contribution >= 4 is 16.7 Å². The van der Waals surface area contributed by atoms with E-state index in [4.69, 9.17) is 0 Å². The summed E-state index contributed by atoms with van der Waals surface area (Å²) in [6.07, 6.45) is 6.15. The van der Waals surface area contributed by atoms with E-state index < -0.39 is 0 Å². The van der Waals surface area contributed by atoms with Gasteiger partial charge in [-0.2, -0.15) is 0 Å². The predicted molar refractivity (Wildman–Crippen MR) is 97.5 cm³/mol. The van der Waals surface area contributed by atoms with E-state index in [-0.39, 0.29) is 10.8 Å². The van der Waals surface area contributed by atoms with Crippen LogP contribution < -0.4 is 9.80 Å². The Bertz CT molecular complexity index is 823. The van der Waals surface area contributed by atoms with E-state index in [0.29, 0.717) is 11.9 Å². The van der Waals surface area contributed by atoms with Crippen LogP contribution >= 0.6 is 0 Å². The summed E-state index contributed by atoms with van der Waals surface area (Å²) in [5, 5.41) is 1.36. The summed E-state index contributed by atoms with van der Waals surface area (Å²) in [6.45, 7) is 8.56. The minimum absolute atomic E-state index is 0.0610. The average Bonchev–Trinajstić information content (AvgIpc) is 3.01. The number of fused-ring (bicyclic) bond motifs is 1. The molecule has 4 saturated heterocycles. The van der Waals surface area contributed by atoms with E-state index in [0.717, 1.165) is 32.6 Å². The smallest absolute Gasteiger partial charge is 0.242 e. The normalized spacial score (nSPS) is 39.4. The lowest BCUT2D eigenvalue weighted by molar-refractivity contribution is -1.18. The van der Waals surface area contributed by atoms with E-state index in [2.05, 4.69) is 49.3 Å². The molecule has 4 aliphatic heterocycles. The van der Waals surface area contributed by atoms with Crippen LogP contribution in [0.3, 0.4) is 0 Å². The molecule has 4 bridgehead atoms. The Morgan fingerprint density at radius 1 is 1.16 bits per heavy atom. The van der Waals surface area contributed by atoms with E-state index in [9.17, 15) is 4.79 Å². The predicted octanol–water partition coefficient (Wildman–Crippen LogP) is 0.729. The quantitative estimate of drug-likeness (QED) is 0.755. The van der Waals surface area contributed by atoms with Crippen molar-refractivity contribution in [1.82, 2.24) is 4.98 Å². The number of rotatable bonds is 4. The highest BCUT2D eigenvalue weighted by Crippen LogP contribution is 2.40. The molecule has 4 aliphatic rings. The Labute approximate surface area is 149 Å². The van der Waals surface area contributed by atoms with Gasteiger partial charge in [0.2, 0.25) is 6.17 Å². The van der Waals surface area contributed by atoms with Crippen LogP contribution in [0.15, 0.2) is 30.5 Å². The first-order chi connectivity index (χ1) is 12.1. The van der Waals surface area contributed by atoms with Crippen LogP contribution in [-0.2, 0) is 4.79 Å². The lowest BCUT2D eigenvalue weighted by Crippen LogP contribution is -3.41. The molecule has 4 heteroatoms. The number of Topliss-reactive ketones (excluding diaryl/α,β-unsaturated/α-hetero) is 1. The standard InChI is InChI=1S/C21H27N3O/c1-3-4-9-21-13-23-11-20(2,19(21)25)12-24(14-21)18(23)16-10-22-17-8-6-5-7-15(16)17/h5-8,10,18,22H,3-4,9,11-14H2,1-2H3/p+2. The number of nitrogens with one attached hydrogen (secondary N) is 3. The SMILES string of the molecule is CCCCC12C[NH+]3CC(C)(C[NH+](C1)C3c1c[nH]c3ccccc13)C2=O.